The summed E-state index contributed by atoms with van der Waals surface area (Å²) in [6, 6.07) is 8.19. The van der Waals surface area contributed by atoms with Gasteiger partial charge < -0.3 is 5.32 Å². The molecule has 0 heterocycles. The molecule has 1 nitrogen and oxygen atoms in total. The van der Waals surface area contributed by atoms with Gasteiger partial charge in [0.25, 0.3) is 0 Å². The molecule has 0 saturated carbocycles. The van der Waals surface area contributed by atoms with Crippen LogP contribution < -0.4 is 5.32 Å². The highest BCUT2D eigenvalue weighted by atomic mass is 79.9. The number of hydrogen-bond acceptors (Lipinski definition) is 1. The summed E-state index contributed by atoms with van der Waals surface area (Å²) >= 11 is 6.04. The molecule has 2 rings (SSSR count). The first kappa shape index (κ1) is 16.3. The van der Waals surface area contributed by atoms with E-state index in [-0.39, 0.29) is 11.0 Å². The fourth-order valence-electron chi connectivity index (χ4n) is 1.77. The van der Waals surface area contributed by atoms with Crippen LogP contribution in [0.4, 0.5) is 23.2 Å². The van der Waals surface area contributed by atoms with Gasteiger partial charge in [-0.3, -0.25) is 0 Å². The zero-order chi connectivity index (χ0) is 15.6. The normalized spacial score (nSPS) is 11.5. The summed E-state index contributed by atoms with van der Waals surface area (Å²) in [4.78, 5) is 0. The van der Waals surface area contributed by atoms with E-state index in [2.05, 4.69) is 37.2 Å². The quantitative estimate of drug-likeness (QED) is 0.595. The summed E-state index contributed by atoms with van der Waals surface area (Å²) in [5, 5.41) is 2.85. The topological polar surface area (TPSA) is 12.0 Å². The van der Waals surface area contributed by atoms with Gasteiger partial charge in [-0.25, -0.2) is 4.39 Å². The molecule has 1 N–H and O–H groups in total. The molecule has 2 aromatic rings. The van der Waals surface area contributed by atoms with E-state index >= 15 is 0 Å². The highest BCUT2D eigenvalue weighted by Gasteiger charge is 2.33. The molecular weight excluding hydrogens is 418 g/mol. The molecule has 112 valence electrons. The molecule has 0 unspecified atom stereocenters. The molecule has 0 saturated heterocycles. The molecule has 0 bridgehead atoms. The van der Waals surface area contributed by atoms with E-state index in [9.17, 15) is 17.6 Å². The van der Waals surface area contributed by atoms with Crippen LogP contribution in [0.1, 0.15) is 11.1 Å². The van der Waals surface area contributed by atoms with Crippen molar-refractivity contribution in [2.45, 2.75) is 12.7 Å². The first-order valence-electron chi connectivity index (χ1n) is 5.81. The van der Waals surface area contributed by atoms with Crippen molar-refractivity contribution < 1.29 is 17.6 Å². The molecule has 0 aliphatic rings. The average Bonchev–Trinajstić information content (AvgIpc) is 2.35. The average molecular weight is 427 g/mol. The Bertz CT molecular complexity index is 636. The van der Waals surface area contributed by atoms with E-state index in [1.165, 1.54) is 24.3 Å². The highest BCUT2D eigenvalue weighted by molar-refractivity contribution is 9.10. The summed E-state index contributed by atoms with van der Waals surface area (Å²) in [6.07, 6.45) is -4.43. The van der Waals surface area contributed by atoms with Crippen molar-refractivity contribution in [2.75, 3.05) is 5.32 Å². The van der Waals surface area contributed by atoms with Gasteiger partial charge in [0.1, 0.15) is 5.82 Å². The number of anilines is 1. The fraction of sp³-hybridized carbons (Fsp3) is 0.143. The standard InChI is InChI=1S/C14H9Br2F4N/c15-9-3-8(4-10(17)5-9)7-21-11-1-2-13(16)12(6-11)14(18,19)20/h1-6,21H,7H2. The smallest absolute Gasteiger partial charge is 0.381 e. The van der Waals surface area contributed by atoms with Gasteiger partial charge in [-0.15, -0.1) is 0 Å². The molecule has 0 spiro atoms. The Hall–Kier alpha value is -1.08. The van der Waals surface area contributed by atoms with Crippen LogP contribution in [0.15, 0.2) is 45.3 Å². The number of nitrogens with one attached hydrogen (secondary N) is 1. The second-order valence-electron chi connectivity index (χ2n) is 4.32. The maximum absolute atomic E-state index is 13.2. The van der Waals surface area contributed by atoms with E-state index in [4.69, 9.17) is 0 Å². The Labute approximate surface area is 135 Å². The highest BCUT2D eigenvalue weighted by Crippen LogP contribution is 2.36. The zero-order valence-corrected chi connectivity index (χ0v) is 13.6. The number of halogens is 6. The van der Waals surface area contributed by atoms with Gasteiger partial charge in [0.15, 0.2) is 0 Å². The van der Waals surface area contributed by atoms with Gasteiger partial charge >= 0.3 is 6.18 Å². The van der Waals surface area contributed by atoms with Crippen LogP contribution >= 0.6 is 31.9 Å². The minimum absolute atomic E-state index is 0.0194. The van der Waals surface area contributed by atoms with Crippen LogP contribution in [-0.2, 0) is 12.7 Å². The molecule has 0 aliphatic carbocycles. The van der Waals surface area contributed by atoms with Gasteiger partial charge in [-0.1, -0.05) is 31.9 Å². The van der Waals surface area contributed by atoms with Gasteiger partial charge in [0, 0.05) is 21.2 Å². The Kier molecular flexibility index (Phi) is 4.93. The number of alkyl halides is 3. The van der Waals surface area contributed by atoms with E-state index < -0.39 is 17.6 Å². The van der Waals surface area contributed by atoms with Crippen LogP contribution in [0, 0.1) is 5.82 Å². The monoisotopic (exact) mass is 425 g/mol. The minimum Gasteiger partial charge on any atom is -0.381 e. The van der Waals surface area contributed by atoms with Gasteiger partial charge in [-0.2, -0.15) is 13.2 Å². The molecule has 0 aliphatic heterocycles. The number of rotatable bonds is 3. The maximum Gasteiger partial charge on any atom is 0.417 e. The summed E-state index contributed by atoms with van der Waals surface area (Å²) in [5.41, 5.74) is 0.178. The van der Waals surface area contributed by atoms with E-state index in [0.717, 1.165) is 6.07 Å². The predicted octanol–water partition coefficient (Wildman–Crippen LogP) is 5.98. The lowest BCUT2D eigenvalue weighted by Gasteiger charge is -2.13. The Morgan fingerprint density at radius 1 is 1.00 bits per heavy atom. The van der Waals surface area contributed by atoms with Crippen molar-refractivity contribution >= 4 is 37.5 Å². The Morgan fingerprint density at radius 2 is 1.71 bits per heavy atom. The largest absolute Gasteiger partial charge is 0.417 e. The van der Waals surface area contributed by atoms with Gasteiger partial charge in [0.2, 0.25) is 0 Å². The molecule has 7 heteroatoms. The number of benzene rings is 2. The third-order valence-corrected chi connectivity index (χ3v) is 3.84. The SMILES string of the molecule is Fc1cc(Br)cc(CNc2ccc(Br)c(C(F)(F)F)c2)c1. The van der Waals surface area contributed by atoms with Gasteiger partial charge in [0.05, 0.1) is 5.56 Å². The molecule has 0 radical (unpaired) electrons. The molecular formula is C14H9Br2F4N. The maximum atomic E-state index is 13.2. The van der Waals surface area contributed by atoms with Crippen molar-refractivity contribution in [3.05, 3.63) is 62.3 Å². The van der Waals surface area contributed by atoms with Crippen LogP contribution in [0.3, 0.4) is 0 Å². The van der Waals surface area contributed by atoms with Crippen molar-refractivity contribution in [2.24, 2.45) is 0 Å². The summed E-state index contributed by atoms with van der Waals surface area (Å²) in [6.45, 7) is 0.218. The van der Waals surface area contributed by atoms with Crippen LogP contribution in [0.25, 0.3) is 0 Å². The lowest BCUT2D eigenvalue weighted by Crippen LogP contribution is -2.07. The van der Waals surface area contributed by atoms with Crippen molar-refractivity contribution in [3.63, 3.8) is 0 Å². The lowest BCUT2D eigenvalue weighted by molar-refractivity contribution is -0.138. The summed E-state index contributed by atoms with van der Waals surface area (Å²) < 4.78 is 52.1. The van der Waals surface area contributed by atoms with E-state index in [1.54, 1.807) is 6.07 Å². The van der Waals surface area contributed by atoms with Crippen molar-refractivity contribution in [3.8, 4) is 0 Å². The summed E-state index contributed by atoms with van der Waals surface area (Å²) in [7, 11) is 0. The Balaban J connectivity index is 2.17. The third kappa shape index (κ3) is 4.44. The lowest BCUT2D eigenvalue weighted by atomic mass is 10.1. The second-order valence-corrected chi connectivity index (χ2v) is 6.09. The van der Waals surface area contributed by atoms with Crippen molar-refractivity contribution in [1.29, 1.82) is 0 Å². The third-order valence-electron chi connectivity index (χ3n) is 2.69. The fourth-order valence-corrected chi connectivity index (χ4v) is 2.75. The minimum atomic E-state index is -4.43. The molecule has 0 atom stereocenters. The van der Waals surface area contributed by atoms with Crippen LogP contribution in [-0.4, -0.2) is 0 Å². The molecule has 0 aromatic heterocycles. The first-order chi connectivity index (χ1) is 9.75. The number of hydrogen-bond donors (Lipinski definition) is 1. The molecule has 0 amide bonds. The summed E-state index contributed by atoms with van der Waals surface area (Å²) in [5.74, 6) is -0.409. The van der Waals surface area contributed by atoms with E-state index in [0.29, 0.717) is 15.7 Å². The molecule has 0 fully saturated rings. The van der Waals surface area contributed by atoms with Crippen LogP contribution in [0.5, 0.6) is 0 Å². The van der Waals surface area contributed by atoms with E-state index in [1.807, 2.05) is 0 Å². The molecule has 2 aromatic carbocycles. The Morgan fingerprint density at radius 3 is 2.33 bits per heavy atom. The molecule has 21 heavy (non-hydrogen) atoms. The van der Waals surface area contributed by atoms with Crippen LogP contribution in [0.2, 0.25) is 0 Å². The first-order valence-corrected chi connectivity index (χ1v) is 7.40. The van der Waals surface area contributed by atoms with Gasteiger partial charge in [-0.05, 0) is 42.0 Å². The van der Waals surface area contributed by atoms with Crippen molar-refractivity contribution in [1.82, 2.24) is 0 Å². The zero-order valence-electron chi connectivity index (χ0n) is 10.4. The second kappa shape index (κ2) is 6.36. The predicted molar refractivity (Wildman–Crippen MR) is 80.6 cm³/mol.